The van der Waals surface area contributed by atoms with E-state index in [1.54, 1.807) is 0 Å². The van der Waals surface area contributed by atoms with E-state index in [2.05, 4.69) is 0 Å². The summed E-state index contributed by atoms with van der Waals surface area (Å²) in [5.74, 6) is -3.62. The molecule has 2 aromatic rings. The zero-order valence-electron chi connectivity index (χ0n) is 12.5. The van der Waals surface area contributed by atoms with Crippen molar-refractivity contribution in [2.24, 2.45) is 0 Å². The first-order chi connectivity index (χ1) is 9.91. The standard InChI is InChI=1S/C15H8O6.K.H/c16-9-3-1-2-7-11(9)14(19)12-8(13(7)18)4-6(15(20)21)5-10(12)17;;/h1-5,16-17H,(H,20,21);;/q;+1;-1. The number of carboxylic acids is 1. The first-order valence-corrected chi connectivity index (χ1v) is 5.93. The quantitative estimate of drug-likeness (QED) is 0.479. The average Bonchev–Trinajstić information content (AvgIpc) is 2.43. The van der Waals surface area contributed by atoms with Gasteiger partial charge in [-0.1, -0.05) is 12.1 Å². The summed E-state index contributed by atoms with van der Waals surface area (Å²) in [6.07, 6.45) is 0. The molecular weight excluding hydrogens is 315 g/mol. The molecule has 1 aliphatic rings. The molecule has 0 unspecified atom stereocenters. The Kier molecular flexibility index (Phi) is 4.55. The van der Waals surface area contributed by atoms with Gasteiger partial charge in [-0.15, -0.1) is 0 Å². The van der Waals surface area contributed by atoms with Gasteiger partial charge in [-0.05, 0) is 18.2 Å². The molecule has 106 valence electrons. The first kappa shape index (κ1) is 16.9. The van der Waals surface area contributed by atoms with Gasteiger partial charge in [0, 0.05) is 11.1 Å². The van der Waals surface area contributed by atoms with Crippen LogP contribution in [0.15, 0.2) is 30.3 Å². The summed E-state index contributed by atoms with van der Waals surface area (Å²) in [5, 5.41) is 28.6. The third-order valence-corrected chi connectivity index (χ3v) is 3.35. The van der Waals surface area contributed by atoms with Crippen LogP contribution in [0.1, 0.15) is 43.6 Å². The van der Waals surface area contributed by atoms with E-state index < -0.39 is 23.3 Å². The van der Waals surface area contributed by atoms with E-state index in [9.17, 15) is 24.6 Å². The largest absolute Gasteiger partial charge is 1.00 e. The molecule has 0 saturated carbocycles. The number of carbonyl (C=O) groups is 3. The molecule has 0 saturated heterocycles. The van der Waals surface area contributed by atoms with Gasteiger partial charge in [-0.3, -0.25) is 9.59 Å². The maximum absolute atomic E-state index is 12.4. The molecule has 0 bridgehead atoms. The number of phenolic OH excluding ortho intramolecular Hbond substituents is 2. The van der Waals surface area contributed by atoms with E-state index in [0.717, 1.165) is 12.1 Å². The number of fused-ring (bicyclic) bond motifs is 2. The second kappa shape index (κ2) is 5.94. The van der Waals surface area contributed by atoms with Crippen LogP contribution in [-0.4, -0.2) is 32.9 Å². The maximum atomic E-state index is 12.4. The van der Waals surface area contributed by atoms with E-state index in [1.807, 2.05) is 0 Å². The summed E-state index contributed by atoms with van der Waals surface area (Å²) in [6.45, 7) is 0. The molecule has 0 spiro atoms. The van der Waals surface area contributed by atoms with Crippen molar-refractivity contribution in [3.8, 4) is 11.5 Å². The topological polar surface area (TPSA) is 112 Å². The number of phenols is 2. The number of hydrogen-bond donors (Lipinski definition) is 3. The Hall–Kier alpha value is -1.51. The maximum Gasteiger partial charge on any atom is 1.00 e. The van der Waals surface area contributed by atoms with Crippen molar-refractivity contribution < 1.29 is 82.5 Å². The summed E-state index contributed by atoms with van der Waals surface area (Å²) in [4.78, 5) is 35.7. The normalized spacial score (nSPS) is 12.2. The third kappa shape index (κ3) is 2.40. The van der Waals surface area contributed by atoms with Crippen LogP contribution in [0.25, 0.3) is 0 Å². The van der Waals surface area contributed by atoms with Crippen LogP contribution >= 0.6 is 0 Å². The van der Waals surface area contributed by atoms with Crippen LogP contribution in [-0.2, 0) is 0 Å². The molecule has 3 N–H and O–H groups in total. The molecule has 0 aliphatic heterocycles. The number of carboxylic acid groups (broad SMARTS) is 1. The molecule has 0 aromatic heterocycles. The molecule has 0 amide bonds. The Morgan fingerprint density at radius 1 is 0.909 bits per heavy atom. The molecule has 0 radical (unpaired) electrons. The Morgan fingerprint density at radius 3 is 2.18 bits per heavy atom. The van der Waals surface area contributed by atoms with Gasteiger partial charge in [0.05, 0.1) is 16.7 Å². The number of rotatable bonds is 1. The minimum absolute atomic E-state index is 0. The number of aromatic carboxylic acids is 1. The van der Waals surface area contributed by atoms with Crippen molar-refractivity contribution in [3.63, 3.8) is 0 Å². The molecule has 0 heterocycles. The van der Waals surface area contributed by atoms with Gasteiger partial charge in [0.2, 0.25) is 5.78 Å². The fourth-order valence-corrected chi connectivity index (χ4v) is 2.41. The molecule has 7 heteroatoms. The Bertz CT molecular complexity index is 846. The molecule has 1 aliphatic carbocycles. The molecule has 0 atom stereocenters. The zero-order chi connectivity index (χ0) is 15.3. The molecular formula is C15H9KO6. The predicted octanol–water partition coefficient (Wildman–Crippen LogP) is -1.31. The monoisotopic (exact) mass is 324 g/mol. The van der Waals surface area contributed by atoms with Gasteiger partial charge in [0.25, 0.3) is 0 Å². The van der Waals surface area contributed by atoms with Gasteiger partial charge in [0.1, 0.15) is 11.5 Å². The Morgan fingerprint density at radius 2 is 1.55 bits per heavy atom. The van der Waals surface area contributed by atoms with Gasteiger partial charge in [-0.25, -0.2) is 4.79 Å². The van der Waals surface area contributed by atoms with Crippen LogP contribution in [0.5, 0.6) is 11.5 Å². The molecule has 2 aromatic carbocycles. The second-order valence-corrected chi connectivity index (χ2v) is 4.58. The number of ketones is 2. The Balaban J connectivity index is 0.00000132. The van der Waals surface area contributed by atoms with Crippen molar-refractivity contribution in [2.45, 2.75) is 0 Å². The number of benzene rings is 2. The minimum atomic E-state index is -1.32. The third-order valence-electron chi connectivity index (χ3n) is 3.35. The fourth-order valence-electron chi connectivity index (χ4n) is 2.41. The number of aromatic hydroxyl groups is 2. The van der Waals surface area contributed by atoms with E-state index in [-0.39, 0.29) is 86.4 Å². The summed E-state index contributed by atoms with van der Waals surface area (Å²) in [6, 6.07) is 5.98. The van der Waals surface area contributed by atoms with Crippen molar-refractivity contribution >= 4 is 17.5 Å². The minimum Gasteiger partial charge on any atom is -1.00 e. The van der Waals surface area contributed by atoms with E-state index in [4.69, 9.17) is 5.11 Å². The average molecular weight is 324 g/mol. The van der Waals surface area contributed by atoms with Gasteiger partial charge in [0.15, 0.2) is 5.78 Å². The second-order valence-electron chi connectivity index (χ2n) is 4.58. The summed E-state index contributed by atoms with van der Waals surface area (Å²) in [5.41, 5.74) is -0.978. The number of carbonyl (C=O) groups excluding carboxylic acids is 2. The zero-order valence-corrected chi connectivity index (χ0v) is 14.6. The van der Waals surface area contributed by atoms with Crippen molar-refractivity contribution in [1.29, 1.82) is 0 Å². The van der Waals surface area contributed by atoms with E-state index in [0.29, 0.717) is 0 Å². The van der Waals surface area contributed by atoms with E-state index >= 15 is 0 Å². The summed E-state index contributed by atoms with van der Waals surface area (Å²) >= 11 is 0. The fraction of sp³-hybridized carbons (Fsp3) is 0. The van der Waals surface area contributed by atoms with Gasteiger partial charge >= 0.3 is 57.4 Å². The van der Waals surface area contributed by atoms with Crippen LogP contribution < -0.4 is 51.4 Å². The van der Waals surface area contributed by atoms with Crippen LogP contribution in [0, 0.1) is 0 Å². The molecule has 6 nitrogen and oxygen atoms in total. The smallest absolute Gasteiger partial charge is 1.00 e. The van der Waals surface area contributed by atoms with E-state index in [1.165, 1.54) is 18.2 Å². The summed E-state index contributed by atoms with van der Waals surface area (Å²) < 4.78 is 0. The van der Waals surface area contributed by atoms with Crippen LogP contribution in [0.2, 0.25) is 0 Å². The van der Waals surface area contributed by atoms with Gasteiger partial charge < -0.3 is 16.7 Å². The van der Waals surface area contributed by atoms with Gasteiger partial charge in [-0.2, -0.15) is 0 Å². The number of hydrogen-bond acceptors (Lipinski definition) is 5. The summed E-state index contributed by atoms with van der Waals surface area (Å²) in [7, 11) is 0. The predicted molar refractivity (Wildman–Crippen MR) is 71.1 cm³/mol. The Labute approximate surface area is 168 Å². The first-order valence-electron chi connectivity index (χ1n) is 5.93. The SMILES string of the molecule is O=C(O)c1cc(O)c2c(c1)C(=O)c1cccc(O)c1C2=O.[H-].[K+]. The van der Waals surface area contributed by atoms with Crippen LogP contribution in [0.4, 0.5) is 0 Å². The van der Waals surface area contributed by atoms with Crippen molar-refractivity contribution in [3.05, 3.63) is 58.1 Å². The molecule has 3 rings (SSSR count). The van der Waals surface area contributed by atoms with Crippen LogP contribution in [0.3, 0.4) is 0 Å². The molecule has 22 heavy (non-hydrogen) atoms. The van der Waals surface area contributed by atoms with Crippen molar-refractivity contribution in [1.82, 2.24) is 0 Å². The molecule has 0 fully saturated rings. The van der Waals surface area contributed by atoms with Crippen molar-refractivity contribution in [2.75, 3.05) is 0 Å².